The zero-order chi connectivity index (χ0) is 27.0. The van der Waals surface area contributed by atoms with Crippen LogP contribution in [0.1, 0.15) is 31.1 Å². The number of aliphatic hydroxyl groups excluding tert-OH is 4. The number of fused-ring (bicyclic) bond motifs is 1. The highest BCUT2D eigenvalue weighted by Crippen LogP contribution is 2.39. The van der Waals surface area contributed by atoms with E-state index >= 15 is 0 Å². The lowest BCUT2D eigenvalue weighted by molar-refractivity contribution is -0.231. The first kappa shape index (κ1) is 26.7. The lowest BCUT2D eigenvalue weighted by atomic mass is 9.91. The van der Waals surface area contributed by atoms with Crippen LogP contribution in [0.3, 0.4) is 0 Å². The second kappa shape index (κ2) is 11.1. The SMILES string of the molecule is CC(C)Oc1cccc(-c2ccc(Cn3cc([C@@H]4O[C@H](CO)[C@@H](O)[C@H](O)[C@H]4O)c4cccc(Cl)c43)cc2)c1. The van der Waals surface area contributed by atoms with Gasteiger partial charge in [0.2, 0.25) is 0 Å². The molecule has 2 heterocycles. The van der Waals surface area contributed by atoms with Crippen molar-refractivity contribution in [3.05, 3.63) is 89.1 Å². The molecule has 0 saturated carbocycles. The quantitative estimate of drug-likeness (QED) is 0.280. The predicted molar refractivity (Wildman–Crippen MR) is 146 cm³/mol. The standard InChI is InChI=1S/C30H32ClNO6/c1-17(2)37-21-6-3-5-20(13-21)19-11-9-18(10-12-19)14-32-15-23(22-7-4-8-24(31)26(22)32)30-29(36)28(35)27(34)25(16-33)38-30/h3-13,15,17,25,27-30,33-36H,14,16H2,1-2H3/t25-,27-,28+,29-,30+/m1/s1. The third-order valence-corrected chi connectivity index (χ3v) is 7.23. The second-order valence-corrected chi connectivity index (χ2v) is 10.4. The molecule has 7 nitrogen and oxygen atoms in total. The summed E-state index contributed by atoms with van der Waals surface area (Å²) >= 11 is 6.62. The Morgan fingerprint density at radius 3 is 2.37 bits per heavy atom. The zero-order valence-corrected chi connectivity index (χ0v) is 22.0. The maximum atomic E-state index is 10.7. The van der Waals surface area contributed by atoms with E-state index in [4.69, 9.17) is 21.1 Å². The van der Waals surface area contributed by atoms with Gasteiger partial charge in [-0.05, 0) is 48.7 Å². The number of halogens is 1. The minimum atomic E-state index is -1.46. The van der Waals surface area contributed by atoms with Crippen LogP contribution in [0.15, 0.2) is 72.9 Å². The molecule has 5 rings (SSSR count). The molecule has 0 bridgehead atoms. The van der Waals surface area contributed by atoms with Crippen LogP contribution in [0.25, 0.3) is 22.0 Å². The van der Waals surface area contributed by atoms with E-state index in [1.54, 1.807) is 6.07 Å². The smallest absolute Gasteiger partial charge is 0.120 e. The molecular formula is C30H32ClNO6. The molecule has 1 aliphatic heterocycles. The van der Waals surface area contributed by atoms with Crippen LogP contribution >= 0.6 is 11.6 Å². The van der Waals surface area contributed by atoms with Gasteiger partial charge in [0.1, 0.15) is 36.3 Å². The Kier molecular flexibility index (Phi) is 7.77. The third kappa shape index (κ3) is 5.18. The van der Waals surface area contributed by atoms with E-state index in [0.717, 1.165) is 33.3 Å². The zero-order valence-electron chi connectivity index (χ0n) is 21.2. The molecule has 1 aromatic heterocycles. The molecule has 1 fully saturated rings. The van der Waals surface area contributed by atoms with Gasteiger partial charge in [0.25, 0.3) is 0 Å². The van der Waals surface area contributed by atoms with E-state index < -0.39 is 37.1 Å². The molecule has 0 aliphatic carbocycles. The van der Waals surface area contributed by atoms with Gasteiger partial charge in [-0.2, -0.15) is 0 Å². The van der Waals surface area contributed by atoms with Gasteiger partial charge >= 0.3 is 0 Å². The maximum Gasteiger partial charge on any atom is 0.120 e. The van der Waals surface area contributed by atoms with Crippen LogP contribution in [0.4, 0.5) is 0 Å². The Balaban J connectivity index is 1.45. The summed E-state index contributed by atoms with van der Waals surface area (Å²) in [5.41, 5.74) is 4.57. The van der Waals surface area contributed by atoms with Crippen LogP contribution in [0.5, 0.6) is 5.75 Å². The number of nitrogens with zero attached hydrogens (tertiary/aromatic N) is 1. The lowest BCUT2D eigenvalue weighted by Crippen LogP contribution is -2.55. The van der Waals surface area contributed by atoms with Crippen molar-refractivity contribution in [2.24, 2.45) is 0 Å². The van der Waals surface area contributed by atoms with Crippen LogP contribution < -0.4 is 4.74 Å². The van der Waals surface area contributed by atoms with E-state index in [-0.39, 0.29) is 6.10 Å². The van der Waals surface area contributed by atoms with E-state index in [1.807, 2.05) is 61.0 Å². The van der Waals surface area contributed by atoms with Crippen molar-refractivity contribution in [2.45, 2.75) is 57.0 Å². The molecule has 0 radical (unpaired) electrons. The predicted octanol–water partition coefficient (Wildman–Crippen LogP) is 4.31. The Morgan fingerprint density at radius 2 is 1.66 bits per heavy atom. The van der Waals surface area contributed by atoms with E-state index in [0.29, 0.717) is 17.1 Å². The fourth-order valence-electron chi connectivity index (χ4n) is 5.07. The summed E-state index contributed by atoms with van der Waals surface area (Å²) in [4.78, 5) is 0. The summed E-state index contributed by atoms with van der Waals surface area (Å²) in [6.45, 7) is 4.03. The normalized spacial score (nSPS) is 23.7. The lowest BCUT2D eigenvalue weighted by Gasteiger charge is -2.40. The molecule has 0 unspecified atom stereocenters. The van der Waals surface area contributed by atoms with Crippen LogP contribution in [-0.2, 0) is 11.3 Å². The van der Waals surface area contributed by atoms with Crippen molar-refractivity contribution in [3.63, 3.8) is 0 Å². The first-order valence-electron chi connectivity index (χ1n) is 12.7. The van der Waals surface area contributed by atoms with E-state index in [1.165, 1.54) is 0 Å². The molecule has 1 aliphatic rings. The first-order chi connectivity index (χ1) is 18.3. The molecule has 8 heteroatoms. The largest absolute Gasteiger partial charge is 0.491 e. The third-order valence-electron chi connectivity index (χ3n) is 6.92. The fourth-order valence-corrected chi connectivity index (χ4v) is 5.36. The highest BCUT2D eigenvalue weighted by Gasteiger charge is 2.44. The van der Waals surface area contributed by atoms with Gasteiger partial charge in [-0.15, -0.1) is 0 Å². The summed E-state index contributed by atoms with van der Waals surface area (Å²) in [5, 5.41) is 42.2. The van der Waals surface area contributed by atoms with Crippen molar-refractivity contribution < 1.29 is 29.9 Å². The van der Waals surface area contributed by atoms with Crippen LogP contribution in [0, 0.1) is 0 Å². The summed E-state index contributed by atoms with van der Waals surface area (Å²) in [7, 11) is 0. The van der Waals surface area contributed by atoms with Crippen molar-refractivity contribution in [1.29, 1.82) is 0 Å². The van der Waals surface area contributed by atoms with Gasteiger partial charge < -0.3 is 34.5 Å². The Morgan fingerprint density at radius 1 is 0.921 bits per heavy atom. The van der Waals surface area contributed by atoms with Crippen molar-refractivity contribution in [1.82, 2.24) is 4.57 Å². The summed E-state index contributed by atoms with van der Waals surface area (Å²) in [6, 6.07) is 21.7. The minimum Gasteiger partial charge on any atom is -0.491 e. The maximum absolute atomic E-state index is 10.7. The molecule has 0 spiro atoms. The molecule has 5 atom stereocenters. The summed E-state index contributed by atoms with van der Waals surface area (Å²) in [5.74, 6) is 0.829. The van der Waals surface area contributed by atoms with Gasteiger partial charge in [-0.25, -0.2) is 0 Å². The van der Waals surface area contributed by atoms with Crippen molar-refractivity contribution >= 4 is 22.5 Å². The molecule has 0 amide bonds. The minimum absolute atomic E-state index is 0.101. The number of ether oxygens (including phenoxy) is 2. The topological polar surface area (TPSA) is 104 Å². The van der Waals surface area contributed by atoms with E-state index in [9.17, 15) is 20.4 Å². The van der Waals surface area contributed by atoms with Crippen LogP contribution in [-0.4, -0.2) is 62.1 Å². The van der Waals surface area contributed by atoms with E-state index in [2.05, 4.69) is 24.3 Å². The number of aromatic nitrogens is 1. The van der Waals surface area contributed by atoms with Gasteiger partial charge in [0.05, 0.1) is 23.3 Å². The highest BCUT2D eigenvalue weighted by atomic mass is 35.5. The average molecular weight is 538 g/mol. The highest BCUT2D eigenvalue weighted by molar-refractivity contribution is 6.35. The fraction of sp³-hybridized carbons (Fsp3) is 0.333. The van der Waals surface area contributed by atoms with Crippen LogP contribution in [0.2, 0.25) is 5.02 Å². The molecule has 4 aromatic rings. The van der Waals surface area contributed by atoms with Gasteiger partial charge in [-0.3, -0.25) is 0 Å². The Hall–Kier alpha value is -2.91. The first-order valence-corrected chi connectivity index (χ1v) is 13.1. The number of benzene rings is 3. The molecule has 3 aromatic carbocycles. The number of rotatable bonds is 7. The molecule has 4 N–H and O–H groups in total. The Labute approximate surface area is 226 Å². The summed E-state index contributed by atoms with van der Waals surface area (Å²) < 4.78 is 13.7. The number of hydrogen-bond acceptors (Lipinski definition) is 6. The van der Waals surface area contributed by atoms with Gasteiger partial charge in [-0.1, -0.05) is 60.1 Å². The number of para-hydroxylation sites is 1. The molecular weight excluding hydrogens is 506 g/mol. The average Bonchev–Trinajstić information content (AvgIpc) is 3.27. The Bertz CT molecular complexity index is 1400. The molecule has 1 saturated heterocycles. The summed E-state index contributed by atoms with van der Waals surface area (Å²) in [6.07, 6.45) is -4.24. The molecule has 38 heavy (non-hydrogen) atoms. The van der Waals surface area contributed by atoms with Crippen molar-refractivity contribution in [2.75, 3.05) is 6.61 Å². The van der Waals surface area contributed by atoms with Gasteiger partial charge in [0, 0.05) is 23.7 Å². The van der Waals surface area contributed by atoms with Gasteiger partial charge in [0.15, 0.2) is 0 Å². The van der Waals surface area contributed by atoms with Crippen molar-refractivity contribution in [3.8, 4) is 16.9 Å². The number of hydrogen-bond donors (Lipinski definition) is 4. The second-order valence-electron chi connectivity index (χ2n) is 9.99. The number of aliphatic hydroxyl groups is 4. The molecule has 200 valence electrons. The monoisotopic (exact) mass is 537 g/mol.